The van der Waals surface area contributed by atoms with E-state index in [0.717, 1.165) is 37.1 Å². The lowest BCUT2D eigenvalue weighted by Crippen LogP contribution is -2.46. The molecule has 0 atom stereocenters. The number of carbonyl (C=O) groups excluding carboxylic acids is 1. The Bertz CT molecular complexity index is 588. The largest absolute Gasteiger partial charge is 0.342 e. The molecule has 1 amide bonds. The zero-order valence-electron chi connectivity index (χ0n) is 13.9. The fraction of sp³-hybridized carbons (Fsp3) is 0.381. The van der Waals surface area contributed by atoms with Crippen molar-refractivity contribution < 1.29 is 4.79 Å². The van der Waals surface area contributed by atoms with Gasteiger partial charge in [0, 0.05) is 13.1 Å². The van der Waals surface area contributed by atoms with Crippen LogP contribution in [0, 0.1) is 0 Å². The second kappa shape index (κ2) is 6.99. The van der Waals surface area contributed by atoms with E-state index in [9.17, 15) is 4.79 Å². The van der Waals surface area contributed by atoms with E-state index >= 15 is 0 Å². The highest BCUT2D eigenvalue weighted by atomic mass is 16.2. The van der Waals surface area contributed by atoms with E-state index in [0.29, 0.717) is 0 Å². The number of benzene rings is 2. The Morgan fingerprint density at radius 3 is 1.65 bits per heavy atom. The third-order valence-corrected chi connectivity index (χ3v) is 5.02. The second-order valence-corrected chi connectivity index (χ2v) is 6.56. The number of carbonyl (C=O) groups is 1. The molecule has 0 unspecified atom stereocenters. The molecule has 2 aromatic rings. The number of hydrogen-bond donors (Lipinski definition) is 0. The normalized spacial score (nSPS) is 16.0. The molecule has 0 saturated carbocycles. The van der Waals surface area contributed by atoms with E-state index in [1.807, 2.05) is 36.4 Å². The van der Waals surface area contributed by atoms with Gasteiger partial charge in [-0.25, -0.2) is 0 Å². The molecule has 3 rings (SSSR count). The fourth-order valence-electron chi connectivity index (χ4n) is 3.55. The molecule has 1 aliphatic heterocycles. The molecule has 1 aliphatic rings. The number of likely N-dealkylation sites (tertiary alicyclic amines) is 1. The Hall–Kier alpha value is -2.09. The number of nitrogens with zero attached hydrogens (tertiary/aromatic N) is 1. The van der Waals surface area contributed by atoms with Gasteiger partial charge in [0.05, 0.1) is 5.41 Å². The average molecular weight is 307 g/mol. The standard InChI is InChI=1S/C21H25NO/c1-21(18-12-6-4-7-13-18,19-14-8-5-9-15-19)20(23)22-16-10-2-3-11-17-22/h4-9,12-15H,2-3,10-11,16-17H2,1H3. The Morgan fingerprint density at radius 2 is 1.22 bits per heavy atom. The van der Waals surface area contributed by atoms with E-state index < -0.39 is 5.41 Å². The van der Waals surface area contributed by atoms with Crippen molar-refractivity contribution in [2.45, 2.75) is 38.0 Å². The van der Waals surface area contributed by atoms with Crippen LogP contribution in [-0.2, 0) is 10.2 Å². The van der Waals surface area contributed by atoms with Crippen molar-refractivity contribution in [1.29, 1.82) is 0 Å². The van der Waals surface area contributed by atoms with Gasteiger partial charge in [0.1, 0.15) is 0 Å². The van der Waals surface area contributed by atoms with Crippen molar-refractivity contribution in [2.24, 2.45) is 0 Å². The number of hydrogen-bond acceptors (Lipinski definition) is 1. The summed E-state index contributed by atoms with van der Waals surface area (Å²) in [5, 5.41) is 0. The SMILES string of the molecule is CC(C(=O)N1CCCCCC1)(c1ccccc1)c1ccccc1. The van der Waals surface area contributed by atoms with Gasteiger partial charge in [-0.3, -0.25) is 4.79 Å². The van der Waals surface area contributed by atoms with Gasteiger partial charge >= 0.3 is 0 Å². The maximum absolute atomic E-state index is 13.5. The van der Waals surface area contributed by atoms with Crippen LogP contribution in [0.15, 0.2) is 60.7 Å². The molecule has 120 valence electrons. The van der Waals surface area contributed by atoms with Gasteiger partial charge in [0.15, 0.2) is 0 Å². The van der Waals surface area contributed by atoms with E-state index in [4.69, 9.17) is 0 Å². The van der Waals surface area contributed by atoms with Crippen LogP contribution in [0.4, 0.5) is 0 Å². The first kappa shape index (κ1) is 15.8. The molecule has 2 nitrogen and oxygen atoms in total. The molecule has 2 aromatic carbocycles. The molecule has 2 heteroatoms. The van der Waals surface area contributed by atoms with Crippen LogP contribution in [0.3, 0.4) is 0 Å². The lowest BCUT2D eigenvalue weighted by Gasteiger charge is -2.35. The number of rotatable bonds is 3. The van der Waals surface area contributed by atoms with Crippen molar-refractivity contribution in [3.05, 3.63) is 71.8 Å². The van der Waals surface area contributed by atoms with Crippen LogP contribution in [0.5, 0.6) is 0 Å². The Morgan fingerprint density at radius 1 is 0.783 bits per heavy atom. The summed E-state index contributed by atoms with van der Waals surface area (Å²) in [5.41, 5.74) is 1.52. The highest BCUT2D eigenvalue weighted by Gasteiger charge is 2.39. The summed E-state index contributed by atoms with van der Waals surface area (Å²) in [5.74, 6) is 0.233. The van der Waals surface area contributed by atoms with Crippen LogP contribution in [0.25, 0.3) is 0 Å². The fourth-order valence-corrected chi connectivity index (χ4v) is 3.55. The van der Waals surface area contributed by atoms with E-state index in [-0.39, 0.29) is 5.91 Å². The summed E-state index contributed by atoms with van der Waals surface area (Å²) in [7, 11) is 0. The molecule has 0 aromatic heterocycles. The maximum atomic E-state index is 13.5. The molecule has 0 bridgehead atoms. The third kappa shape index (κ3) is 3.17. The predicted octanol–water partition coefficient (Wildman–Crippen LogP) is 4.40. The van der Waals surface area contributed by atoms with Gasteiger partial charge < -0.3 is 4.90 Å². The molecule has 0 radical (unpaired) electrons. The minimum absolute atomic E-state index is 0.233. The Labute approximate surface area is 139 Å². The van der Waals surface area contributed by atoms with Crippen molar-refractivity contribution in [3.63, 3.8) is 0 Å². The molecule has 1 saturated heterocycles. The van der Waals surface area contributed by atoms with E-state index in [2.05, 4.69) is 36.1 Å². The zero-order chi connectivity index (χ0) is 16.1. The maximum Gasteiger partial charge on any atom is 0.237 e. The van der Waals surface area contributed by atoms with Gasteiger partial charge in [-0.05, 0) is 30.9 Å². The number of amides is 1. The van der Waals surface area contributed by atoms with Crippen LogP contribution >= 0.6 is 0 Å². The molecule has 1 fully saturated rings. The lowest BCUT2D eigenvalue weighted by atomic mass is 9.75. The Kier molecular flexibility index (Phi) is 4.80. The van der Waals surface area contributed by atoms with Gasteiger partial charge in [-0.2, -0.15) is 0 Å². The summed E-state index contributed by atoms with van der Waals surface area (Å²) >= 11 is 0. The molecule has 1 heterocycles. The minimum Gasteiger partial charge on any atom is -0.342 e. The summed E-state index contributed by atoms with van der Waals surface area (Å²) in [6.45, 7) is 3.84. The highest BCUT2D eigenvalue weighted by molar-refractivity contribution is 5.91. The van der Waals surface area contributed by atoms with Crippen molar-refractivity contribution in [3.8, 4) is 0 Å². The Balaban J connectivity index is 2.03. The summed E-state index contributed by atoms with van der Waals surface area (Å²) in [6.07, 6.45) is 4.70. The van der Waals surface area contributed by atoms with E-state index in [1.54, 1.807) is 0 Å². The van der Waals surface area contributed by atoms with Crippen LogP contribution in [0.1, 0.15) is 43.7 Å². The smallest absolute Gasteiger partial charge is 0.237 e. The van der Waals surface area contributed by atoms with Gasteiger partial charge in [0.2, 0.25) is 5.91 Å². The highest BCUT2D eigenvalue weighted by Crippen LogP contribution is 2.34. The van der Waals surface area contributed by atoms with Crippen molar-refractivity contribution >= 4 is 5.91 Å². The molecular weight excluding hydrogens is 282 g/mol. The third-order valence-electron chi connectivity index (χ3n) is 5.02. The van der Waals surface area contributed by atoms with Crippen molar-refractivity contribution in [2.75, 3.05) is 13.1 Å². The first-order chi connectivity index (χ1) is 11.2. The molecule has 0 N–H and O–H groups in total. The molecular formula is C21H25NO. The van der Waals surface area contributed by atoms with Gasteiger partial charge in [0.25, 0.3) is 0 Å². The van der Waals surface area contributed by atoms with Crippen LogP contribution < -0.4 is 0 Å². The quantitative estimate of drug-likeness (QED) is 0.823. The summed E-state index contributed by atoms with van der Waals surface area (Å²) in [4.78, 5) is 15.6. The van der Waals surface area contributed by atoms with Crippen molar-refractivity contribution in [1.82, 2.24) is 4.90 Å². The summed E-state index contributed by atoms with van der Waals surface area (Å²) in [6, 6.07) is 20.4. The first-order valence-corrected chi connectivity index (χ1v) is 8.63. The second-order valence-electron chi connectivity index (χ2n) is 6.56. The van der Waals surface area contributed by atoms with Crippen LogP contribution in [-0.4, -0.2) is 23.9 Å². The first-order valence-electron chi connectivity index (χ1n) is 8.63. The van der Waals surface area contributed by atoms with Crippen LogP contribution in [0.2, 0.25) is 0 Å². The minimum atomic E-state index is -0.618. The molecule has 0 aliphatic carbocycles. The predicted molar refractivity (Wildman–Crippen MR) is 94.4 cm³/mol. The topological polar surface area (TPSA) is 20.3 Å². The zero-order valence-corrected chi connectivity index (χ0v) is 13.9. The van der Waals surface area contributed by atoms with Gasteiger partial charge in [-0.15, -0.1) is 0 Å². The molecule has 23 heavy (non-hydrogen) atoms. The summed E-state index contributed by atoms with van der Waals surface area (Å²) < 4.78 is 0. The van der Waals surface area contributed by atoms with E-state index in [1.165, 1.54) is 12.8 Å². The average Bonchev–Trinajstić information content (AvgIpc) is 2.91. The lowest BCUT2D eigenvalue weighted by molar-refractivity contribution is -0.135. The van der Waals surface area contributed by atoms with Gasteiger partial charge in [-0.1, -0.05) is 73.5 Å². The monoisotopic (exact) mass is 307 g/mol. The molecule has 0 spiro atoms.